The number of nitriles is 1. The summed E-state index contributed by atoms with van der Waals surface area (Å²) in [5, 5.41) is 14.8. The molecule has 4 aromatic rings. The molecule has 162 valence electrons. The fraction of sp³-hybridized carbons (Fsp3) is 0.304. The Morgan fingerprint density at radius 2 is 1.94 bits per heavy atom. The lowest BCUT2D eigenvalue weighted by molar-refractivity contribution is 0.275. The van der Waals surface area contributed by atoms with Crippen molar-refractivity contribution in [3.63, 3.8) is 0 Å². The van der Waals surface area contributed by atoms with Crippen molar-refractivity contribution in [2.45, 2.75) is 36.6 Å². The normalized spacial score (nSPS) is 19.1. The minimum absolute atomic E-state index is 0.0785. The summed E-state index contributed by atoms with van der Waals surface area (Å²) < 4.78 is 27.8. The highest BCUT2D eigenvalue weighted by molar-refractivity contribution is 7.91. The number of hydrogen-bond donors (Lipinski definition) is 1. The van der Waals surface area contributed by atoms with Gasteiger partial charge >= 0.3 is 0 Å². The van der Waals surface area contributed by atoms with Crippen molar-refractivity contribution in [2.24, 2.45) is 5.92 Å². The minimum Gasteiger partial charge on any atom is -0.346 e. The van der Waals surface area contributed by atoms with Gasteiger partial charge in [-0.1, -0.05) is 12.1 Å². The lowest BCUT2D eigenvalue weighted by atomic mass is 9.87. The summed E-state index contributed by atoms with van der Waals surface area (Å²) in [5.74, 6) is 0.161. The van der Waals surface area contributed by atoms with Crippen molar-refractivity contribution in [3.8, 4) is 17.3 Å². The molecule has 0 spiro atoms. The number of benzene rings is 1. The lowest BCUT2D eigenvalue weighted by Gasteiger charge is -2.28. The molecule has 8 nitrogen and oxygen atoms in total. The van der Waals surface area contributed by atoms with E-state index >= 15 is 0 Å². The highest BCUT2D eigenvalue weighted by atomic mass is 32.2. The number of aromatic amines is 1. The maximum absolute atomic E-state index is 12.9. The zero-order valence-electron chi connectivity index (χ0n) is 17.3. The van der Waals surface area contributed by atoms with Crippen molar-refractivity contribution >= 4 is 20.9 Å². The summed E-state index contributed by atoms with van der Waals surface area (Å²) in [7, 11) is -3.49. The summed E-state index contributed by atoms with van der Waals surface area (Å²) in [6, 6.07) is 10.6. The van der Waals surface area contributed by atoms with Crippen LogP contribution < -0.4 is 0 Å². The van der Waals surface area contributed by atoms with Gasteiger partial charge in [-0.3, -0.25) is 4.68 Å². The molecule has 0 bridgehead atoms. The molecule has 1 aliphatic rings. The second kappa shape index (κ2) is 8.20. The van der Waals surface area contributed by atoms with Gasteiger partial charge in [-0.2, -0.15) is 10.4 Å². The number of nitrogens with one attached hydrogen (secondary N) is 1. The molecule has 0 unspecified atom stereocenters. The Bertz CT molecular complexity index is 1410. The third-order valence-electron chi connectivity index (χ3n) is 6.22. The van der Waals surface area contributed by atoms with Gasteiger partial charge in [0.2, 0.25) is 0 Å². The van der Waals surface area contributed by atoms with Gasteiger partial charge in [0.25, 0.3) is 0 Å². The van der Waals surface area contributed by atoms with Crippen molar-refractivity contribution in [3.05, 3.63) is 60.8 Å². The van der Waals surface area contributed by atoms with Gasteiger partial charge < -0.3 is 4.98 Å². The van der Waals surface area contributed by atoms with Gasteiger partial charge in [0.05, 0.1) is 34.1 Å². The van der Waals surface area contributed by atoms with E-state index in [-0.39, 0.29) is 28.2 Å². The quantitative estimate of drug-likeness (QED) is 0.497. The molecule has 1 aromatic carbocycles. The number of hydrogen-bond acceptors (Lipinski definition) is 6. The summed E-state index contributed by atoms with van der Waals surface area (Å²) >= 11 is 0. The summed E-state index contributed by atoms with van der Waals surface area (Å²) in [4.78, 5) is 11.9. The van der Waals surface area contributed by atoms with E-state index in [4.69, 9.17) is 0 Å². The van der Waals surface area contributed by atoms with Crippen LogP contribution in [0.4, 0.5) is 0 Å². The number of rotatable bonds is 5. The standard InChI is InChI=1S/C23H22N6O2S/c24-11-17-3-1-2-4-21(17)32(30,31)14-16-5-7-19(8-6-16)29-13-18(12-28-29)22-20-9-10-25-23(20)27-15-26-22/h1-4,9-10,12-13,15-16,19H,5-8,14H2,(H,25,26,27). The average Bonchev–Trinajstić information content (AvgIpc) is 3.49. The molecule has 3 heterocycles. The number of aromatic nitrogens is 5. The van der Waals surface area contributed by atoms with E-state index in [0.717, 1.165) is 48.0 Å². The highest BCUT2D eigenvalue weighted by Gasteiger charge is 2.29. The van der Waals surface area contributed by atoms with E-state index in [9.17, 15) is 13.7 Å². The number of nitrogens with zero attached hydrogens (tertiary/aromatic N) is 5. The van der Waals surface area contributed by atoms with Crippen molar-refractivity contribution in [2.75, 3.05) is 5.75 Å². The predicted molar refractivity (Wildman–Crippen MR) is 119 cm³/mol. The van der Waals surface area contributed by atoms with Crippen LogP contribution in [0, 0.1) is 17.2 Å². The molecule has 0 radical (unpaired) electrons. The number of sulfone groups is 1. The first-order valence-corrected chi connectivity index (χ1v) is 12.2. The highest BCUT2D eigenvalue weighted by Crippen LogP contribution is 2.35. The zero-order chi connectivity index (χ0) is 22.1. The Morgan fingerprint density at radius 1 is 1.12 bits per heavy atom. The first kappa shape index (κ1) is 20.4. The van der Waals surface area contributed by atoms with Gasteiger partial charge in [-0.15, -0.1) is 0 Å². The molecule has 0 atom stereocenters. The SMILES string of the molecule is N#Cc1ccccc1S(=O)(=O)CC1CCC(n2cc(-c3ncnc4[nH]ccc34)cn2)CC1. The van der Waals surface area contributed by atoms with E-state index in [2.05, 4.69) is 20.1 Å². The summed E-state index contributed by atoms with van der Waals surface area (Å²) in [6.45, 7) is 0. The Labute approximate surface area is 185 Å². The Morgan fingerprint density at radius 3 is 2.75 bits per heavy atom. The van der Waals surface area contributed by atoms with Crippen molar-refractivity contribution in [1.82, 2.24) is 24.7 Å². The molecule has 32 heavy (non-hydrogen) atoms. The average molecular weight is 447 g/mol. The second-order valence-corrected chi connectivity index (χ2v) is 10.2. The van der Waals surface area contributed by atoms with Crippen molar-refractivity contribution < 1.29 is 8.42 Å². The molecular formula is C23H22N6O2S. The van der Waals surface area contributed by atoms with Gasteiger partial charge in [0.15, 0.2) is 9.84 Å². The van der Waals surface area contributed by atoms with Crippen LogP contribution in [0.15, 0.2) is 60.1 Å². The molecule has 0 aliphatic heterocycles. The predicted octanol–water partition coefficient (Wildman–Crippen LogP) is 3.90. The zero-order valence-corrected chi connectivity index (χ0v) is 18.2. The molecule has 0 amide bonds. The van der Waals surface area contributed by atoms with Crippen LogP contribution in [0.5, 0.6) is 0 Å². The van der Waals surface area contributed by atoms with E-state index in [1.54, 1.807) is 24.5 Å². The van der Waals surface area contributed by atoms with E-state index in [1.807, 2.05) is 35.4 Å². The fourth-order valence-electron chi connectivity index (χ4n) is 4.57. The summed E-state index contributed by atoms with van der Waals surface area (Å²) in [5.41, 5.74) is 2.79. The third kappa shape index (κ3) is 3.78. The van der Waals surface area contributed by atoms with Crippen LogP contribution in [0.3, 0.4) is 0 Å². The van der Waals surface area contributed by atoms with E-state index in [1.165, 1.54) is 6.07 Å². The second-order valence-electron chi connectivity index (χ2n) is 8.24. The maximum atomic E-state index is 12.9. The Kier molecular flexibility index (Phi) is 5.23. The maximum Gasteiger partial charge on any atom is 0.179 e. The smallest absolute Gasteiger partial charge is 0.179 e. The topological polar surface area (TPSA) is 117 Å². The molecule has 5 rings (SSSR count). The van der Waals surface area contributed by atoms with Gasteiger partial charge in [-0.05, 0) is 49.8 Å². The third-order valence-corrected chi connectivity index (χ3v) is 8.15. The van der Waals surface area contributed by atoms with Crippen LogP contribution >= 0.6 is 0 Å². The number of fused-ring (bicyclic) bond motifs is 1. The molecule has 1 fully saturated rings. The largest absolute Gasteiger partial charge is 0.346 e. The van der Waals surface area contributed by atoms with Gasteiger partial charge in [-0.25, -0.2) is 18.4 Å². The van der Waals surface area contributed by atoms with Crippen LogP contribution in [0.25, 0.3) is 22.3 Å². The Hall–Kier alpha value is -3.51. The summed E-state index contributed by atoms with van der Waals surface area (Å²) in [6.07, 6.45) is 10.6. The number of H-pyrrole nitrogens is 1. The van der Waals surface area contributed by atoms with Gasteiger partial charge in [0.1, 0.15) is 18.0 Å². The first-order valence-electron chi connectivity index (χ1n) is 10.6. The molecule has 0 saturated heterocycles. The van der Waals surface area contributed by atoms with E-state index in [0.29, 0.717) is 0 Å². The van der Waals surface area contributed by atoms with E-state index < -0.39 is 9.84 Å². The van der Waals surface area contributed by atoms with Crippen LogP contribution in [-0.2, 0) is 9.84 Å². The van der Waals surface area contributed by atoms with Gasteiger partial charge in [0, 0.05) is 23.3 Å². The lowest BCUT2D eigenvalue weighted by Crippen LogP contribution is -2.24. The van der Waals surface area contributed by atoms with Crippen LogP contribution in [0.1, 0.15) is 37.3 Å². The first-order chi connectivity index (χ1) is 15.5. The molecule has 1 saturated carbocycles. The Balaban J connectivity index is 1.27. The minimum atomic E-state index is -3.49. The van der Waals surface area contributed by atoms with Crippen LogP contribution in [-0.4, -0.2) is 38.9 Å². The monoisotopic (exact) mass is 446 g/mol. The van der Waals surface area contributed by atoms with Crippen molar-refractivity contribution in [1.29, 1.82) is 5.26 Å². The van der Waals surface area contributed by atoms with Crippen LogP contribution in [0.2, 0.25) is 0 Å². The molecule has 3 aromatic heterocycles. The molecular weight excluding hydrogens is 424 g/mol. The molecule has 1 N–H and O–H groups in total. The fourth-order valence-corrected chi connectivity index (χ4v) is 6.44. The molecule has 9 heteroatoms. The molecule has 1 aliphatic carbocycles.